The Labute approximate surface area is 155 Å². The molecule has 1 aliphatic heterocycles. The highest BCUT2D eigenvalue weighted by Gasteiger charge is 2.35. The largest absolute Gasteiger partial charge is 0.276 e. The van der Waals surface area contributed by atoms with E-state index < -0.39 is 26.6 Å². The highest BCUT2D eigenvalue weighted by molar-refractivity contribution is 7.89. The molecule has 0 spiro atoms. The minimum absolute atomic E-state index is 0.131. The van der Waals surface area contributed by atoms with E-state index in [2.05, 4.69) is 5.10 Å². The van der Waals surface area contributed by atoms with Crippen LogP contribution in [0.4, 0.5) is 8.78 Å². The van der Waals surface area contributed by atoms with Crippen LogP contribution < -0.4 is 0 Å². The number of hydrogen-bond acceptors (Lipinski definition) is 3. The fourth-order valence-corrected chi connectivity index (χ4v) is 4.96. The number of hydrogen-bond donors (Lipinski definition) is 0. The van der Waals surface area contributed by atoms with Gasteiger partial charge >= 0.3 is 0 Å². The van der Waals surface area contributed by atoms with Crippen LogP contribution in [0.15, 0.2) is 59.8 Å². The van der Waals surface area contributed by atoms with Crippen LogP contribution in [0.1, 0.15) is 22.6 Å². The molecule has 1 atom stereocenters. The second-order valence-corrected chi connectivity index (χ2v) is 8.48. The van der Waals surface area contributed by atoms with Gasteiger partial charge in [-0.2, -0.15) is 9.40 Å². The molecule has 0 saturated heterocycles. The molecule has 2 aromatic carbocycles. The normalized spacial score (nSPS) is 17.7. The predicted molar refractivity (Wildman–Crippen MR) is 95.4 cm³/mol. The second-order valence-electron chi connectivity index (χ2n) is 6.57. The summed E-state index contributed by atoms with van der Waals surface area (Å²) in [6, 6.07) is 10.1. The Hall–Kier alpha value is -2.58. The van der Waals surface area contributed by atoms with Gasteiger partial charge in [0.25, 0.3) is 0 Å². The lowest BCUT2D eigenvalue weighted by Crippen LogP contribution is -2.38. The molecule has 140 valence electrons. The first kappa shape index (κ1) is 17.8. The molecule has 8 heteroatoms. The van der Waals surface area contributed by atoms with Gasteiger partial charge in [-0.1, -0.05) is 24.3 Å². The molecule has 0 amide bonds. The van der Waals surface area contributed by atoms with Gasteiger partial charge in [-0.15, -0.1) is 0 Å². The van der Waals surface area contributed by atoms with Crippen molar-refractivity contribution in [2.75, 3.05) is 6.54 Å². The van der Waals surface area contributed by atoms with E-state index in [1.54, 1.807) is 17.9 Å². The summed E-state index contributed by atoms with van der Waals surface area (Å²) in [6.45, 7) is 0.286. The summed E-state index contributed by atoms with van der Waals surface area (Å²) in [5.41, 5.74) is 2.75. The van der Waals surface area contributed by atoms with Gasteiger partial charge in [0.05, 0.1) is 6.20 Å². The first-order chi connectivity index (χ1) is 12.9. The third kappa shape index (κ3) is 3.15. The summed E-state index contributed by atoms with van der Waals surface area (Å²) < 4.78 is 56.4. The van der Waals surface area contributed by atoms with Gasteiger partial charge in [-0.3, -0.25) is 4.68 Å². The highest BCUT2D eigenvalue weighted by atomic mass is 32.2. The van der Waals surface area contributed by atoms with E-state index in [9.17, 15) is 17.2 Å². The summed E-state index contributed by atoms with van der Waals surface area (Å²) in [5, 5.41) is 4.18. The summed E-state index contributed by atoms with van der Waals surface area (Å²) in [4.78, 5) is -0.520. The maximum absolute atomic E-state index is 14.2. The van der Waals surface area contributed by atoms with Crippen molar-refractivity contribution in [3.05, 3.63) is 83.2 Å². The lowest BCUT2D eigenvalue weighted by molar-refractivity contribution is 0.369. The lowest BCUT2D eigenvalue weighted by atomic mass is 9.87. The van der Waals surface area contributed by atoms with Gasteiger partial charge in [0.1, 0.15) is 16.5 Å². The second kappa shape index (κ2) is 6.54. The van der Waals surface area contributed by atoms with E-state index in [4.69, 9.17) is 0 Å². The number of nitrogens with zero attached hydrogens (tertiary/aromatic N) is 3. The van der Waals surface area contributed by atoms with Gasteiger partial charge in [-0.25, -0.2) is 17.2 Å². The van der Waals surface area contributed by atoms with E-state index in [0.29, 0.717) is 6.07 Å². The zero-order valence-corrected chi connectivity index (χ0v) is 15.3. The molecule has 2 heterocycles. The van der Waals surface area contributed by atoms with Crippen LogP contribution in [-0.2, 0) is 23.6 Å². The molecule has 27 heavy (non-hydrogen) atoms. The maximum atomic E-state index is 14.2. The summed E-state index contributed by atoms with van der Waals surface area (Å²) in [5.74, 6) is -2.13. The smallest absolute Gasteiger partial charge is 0.246 e. The predicted octanol–water partition coefficient (Wildman–Crippen LogP) is 3.03. The third-order valence-corrected chi connectivity index (χ3v) is 6.65. The molecule has 0 radical (unpaired) electrons. The minimum Gasteiger partial charge on any atom is -0.276 e. The molecule has 1 unspecified atom stereocenters. The maximum Gasteiger partial charge on any atom is 0.246 e. The minimum atomic E-state index is -4.12. The molecular weight excluding hydrogens is 372 g/mol. The first-order valence-corrected chi connectivity index (χ1v) is 9.82. The van der Waals surface area contributed by atoms with Crippen molar-refractivity contribution in [2.45, 2.75) is 17.4 Å². The van der Waals surface area contributed by atoms with E-state index in [0.717, 1.165) is 28.8 Å². The zero-order valence-electron chi connectivity index (χ0n) is 14.5. The van der Waals surface area contributed by atoms with E-state index in [-0.39, 0.29) is 19.0 Å². The molecule has 0 N–H and O–H groups in total. The SMILES string of the molecule is Cn1cc(C2CN(S(=O)(=O)c3ccc(F)cc3F)Cc3ccccc32)cn1. The lowest BCUT2D eigenvalue weighted by Gasteiger charge is -2.33. The van der Waals surface area contributed by atoms with Crippen molar-refractivity contribution >= 4 is 10.0 Å². The fraction of sp³-hybridized carbons (Fsp3) is 0.211. The Morgan fingerprint density at radius 2 is 1.93 bits per heavy atom. The molecule has 0 bridgehead atoms. The van der Waals surface area contributed by atoms with E-state index >= 15 is 0 Å². The van der Waals surface area contributed by atoms with Crippen LogP contribution in [0.3, 0.4) is 0 Å². The van der Waals surface area contributed by atoms with E-state index in [1.165, 1.54) is 4.31 Å². The van der Waals surface area contributed by atoms with Crippen molar-refractivity contribution < 1.29 is 17.2 Å². The molecule has 1 aliphatic rings. The number of fused-ring (bicyclic) bond motifs is 1. The monoisotopic (exact) mass is 389 g/mol. The van der Waals surface area contributed by atoms with Gasteiger partial charge in [0, 0.05) is 38.3 Å². The Balaban J connectivity index is 1.79. The Bertz CT molecular complexity index is 1110. The molecule has 0 aliphatic carbocycles. The van der Waals surface area contributed by atoms with Gasteiger partial charge in [0.2, 0.25) is 10.0 Å². The van der Waals surface area contributed by atoms with Gasteiger partial charge in [0.15, 0.2) is 0 Å². The van der Waals surface area contributed by atoms with Gasteiger partial charge in [-0.05, 0) is 28.8 Å². The molecule has 0 fully saturated rings. The summed E-state index contributed by atoms with van der Waals surface area (Å²) in [7, 11) is -2.33. The highest BCUT2D eigenvalue weighted by Crippen LogP contribution is 2.36. The molecule has 4 rings (SSSR count). The van der Waals surface area contributed by atoms with Crippen LogP contribution >= 0.6 is 0 Å². The average Bonchev–Trinajstić information content (AvgIpc) is 3.06. The molecule has 0 saturated carbocycles. The molecule has 1 aromatic heterocycles. The van der Waals surface area contributed by atoms with Crippen LogP contribution in [0.25, 0.3) is 0 Å². The zero-order chi connectivity index (χ0) is 19.2. The van der Waals surface area contributed by atoms with Crippen molar-refractivity contribution in [3.63, 3.8) is 0 Å². The first-order valence-electron chi connectivity index (χ1n) is 8.38. The summed E-state index contributed by atoms with van der Waals surface area (Å²) >= 11 is 0. The number of halogens is 2. The van der Waals surface area contributed by atoms with E-state index in [1.807, 2.05) is 30.5 Å². The van der Waals surface area contributed by atoms with Crippen molar-refractivity contribution in [2.24, 2.45) is 7.05 Å². The number of benzene rings is 2. The topological polar surface area (TPSA) is 55.2 Å². The van der Waals surface area contributed by atoms with Crippen molar-refractivity contribution in [3.8, 4) is 0 Å². The van der Waals surface area contributed by atoms with Crippen molar-refractivity contribution in [1.82, 2.24) is 14.1 Å². The number of aromatic nitrogens is 2. The van der Waals surface area contributed by atoms with Crippen LogP contribution in [0.2, 0.25) is 0 Å². The number of rotatable bonds is 3. The Morgan fingerprint density at radius 3 is 2.63 bits per heavy atom. The standard InChI is InChI=1S/C19H17F2N3O2S/c1-23-10-14(9-22-23)17-12-24(11-13-4-2-3-5-16(13)17)27(25,26)19-7-6-15(20)8-18(19)21/h2-10,17H,11-12H2,1H3. The van der Waals surface area contributed by atoms with Crippen LogP contribution in [-0.4, -0.2) is 29.0 Å². The average molecular weight is 389 g/mol. The third-order valence-electron chi connectivity index (χ3n) is 4.80. The number of sulfonamides is 1. The van der Waals surface area contributed by atoms with Crippen molar-refractivity contribution in [1.29, 1.82) is 0 Å². The fourth-order valence-electron chi connectivity index (χ4n) is 3.49. The molecule has 5 nitrogen and oxygen atoms in total. The Kier molecular flexibility index (Phi) is 4.32. The van der Waals surface area contributed by atoms with Crippen LogP contribution in [0, 0.1) is 11.6 Å². The Morgan fingerprint density at radius 1 is 1.15 bits per heavy atom. The van der Waals surface area contributed by atoms with Gasteiger partial charge < -0.3 is 0 Å². The summed E-state index contributed by atoms with van der Waals surface area (Å²) in [6.07, 6.45) is 3.55. The molecule has 3 aromatic rings. The number of aryl methyl sites for hydroxylation is 1. The quantitative estimate of drug-likeness (QED) is 0.692. The van der Waals surface area contributed by atoms with Crippen LogP contribution in [0.5, 0.6) is 0 Å². The molecular formula is C19H17F2N3O2S.